The topological polar surface area (TPSA) is 38.7 Å². The average molecular weight is 180 g/mol. The molecule has 0 unspecified atom stereocenters. The van der Waals surface area contributed by atoms with Crippen molar-refractivity contribution in [2.24, 2.45) is 0 Å². The van der Waals surface area contributed by atoms with Crippen LogP contribution in [0.5, 0.6) is 5.75 Å². The summed E-state index contributed by atoms with van der Waals surface area (Å²) in [4.78, 5) is 0. The molecule has 0 amide bonds. The lowest BCUT2D eigenvalue weighted by molar-refractivity contribution is -0.0455. The molecule has 0 aliphatic carbocycles. The molecular weight excluding hydrogens is 168 g/mol. The summed E-state index contributed by atoms with van der Waals surface area (Å²) in [5, 5.41) is 9.54. The van der Waals surface area contributed by atoms with Gasteiger partial charge in [-0.1, -0.05) is 11.6 Å². The van der Waals surface area contributed by atoms with Crippen LogP contribution in [0, 0.1) is 6.92 Å². The quantitative estimate of drug-likeness (QED) is 0.715. The maximum absolute atomic E-state index is 9.54. The van der Waals surface area contributed by atoms with Gasteiger partial charge in [0.05, 0.1) is 13.2 Å². The van der Waals surface area contributed by atoms with Crippen molar-refractivity contribution >= 4 is 0 Å². The highest BCUT2D eigenvalue weighted by atomic mass is 16.7. The van der Waals surface area contributed by atoms with E-state index < -0.39 is 0 Å². The first kappa shape index (κ1) is 8.53. The van der Waals surface area contributed by atoms with Gasteiger partial charge in [0.2, 0.25) is 0 Å². The number of aryl methyl sites for hydroxylation is 1. The van der Waals surface area contributed by atoms with Gasteiger partial charge in [0.1, 0.15) is 5.75 Å². The van der Waals surface area contributed by atoms with Crippen LogP contribution in [0.15, 0.2) is 18.2 Å². The van der Waals surface area contributed by atoms with Crippen LogP contribution in [0.25, 0.3) is 0 Å². The second kappa shape index (κ2) is 3.36. The van der Waals surface area contributed by atoms with E-state index in [1.807, 2.05) is 19.1 Å². The third-order valence-electron chi connectivity index (χ3n) is 2.06. The molecule has 3 nitrogen and oxygen atoms in total. The second-order valence-electron chi connectivity index (χ2n) is 3.14. The van der Waals surface area contributed by atoms with Crippen molar-refractivity contribution in [3.63, 3.8) is 0 Å². The SMILES string of the molecule is Cc1ccc(O)c(C2OCCO2)c1. The highest BCUT2D eigenvalue weighted by molar-refractivity contribution is 5.36. The first-order valence-electron chi connectivity index (χ1n) is 4.30. The number of aromatic hydroxyl groups is 1. The Balaban J connectivity index is 2.32. The van der Waals surface area contributed by atoms with Gasteiger partial charge in [-0.2, -0.15) is 0 Å². The zero-order valence-electron chi connectivity index (χ0n) is 7.49. The van der Waals surface area contributed by atoms with Gasteiger partial charge >= 0.3 is 0 Å². The summed E-state index contributed by atoms with van der Waals surface area (Å²) in [6.45, 7) is 3.16. The summed E-state index contributed by atoms with van der Waals surface area (Å²) in [6, 6.07) is 5.40. The summed E-state index contributed by atoms with van der Waals surface area (Å²) in [7, 11) is 0. The molecule has 2 rings (SSSR count). The molecule has 0 saturated carbocycles. The number of benzene rings is 1. The van der Waals surface area contributed by atoms with Crippen molar-refractivity contribution in [1.29, 1.82) is 0 Å². The third-order valence-corrected chi connectivity index (χ3v) is 2.06. The molecule has 1 fully saturated rings. The van der Waals surface area contributed by atoms with E-state index >= 15 is 0 Å². The predicted molar refractivity (Wildman–Crippen MR) is 47.5 cm³/mol. The average Bonchev–Trinajstić information content (AvgIpc) is 2.61. The monoisotopic (exact) mass is 180 g/mol. The molecule has 0 spiro atoms. The zero-order valence-corrected chi connectivity index (χ0v) is 7.49. The highest BCUT2D eigenvalue weighted by Crippen LogP contribution is 2.30. The minimum Gasteiger partial charge on any atom is -0.507 e. The molecule has 1 saturated heterocycles. The van der Waals surface area contributed by atoms with E-state index in [9.17, 15) is 5.11 Å². The highest BCUT2D eigenvalue weighted by Gasteiger charge is 2.21. The van der Waals surface area contributed by atoms with E-state index in [4.69, 9.17) is 9.47 Å². The maximum atomic E-state index is 9.54. The Morgan fingerprint density at radius 3 is 2.69 bits per heavy atom. The zero-order chi connectivity index (χ0) is 9.26. The summed E-state index contributed by atoms with van der Waals surface area (Å²) < 4.78 is 10.6. The molecule has 0 radical (unpaired) electrons. The summed E-state index contributed by atoms with van der Waals surface area (Å²) in [6.07, 6.45) is -0.389. The maximum Gasteiger partial charge on any atom is 0.187 e. The van der Waals surface area contributed by atoms with E-state index in [1.54, 1.807) is 6.07 Å². The molecular formula is C10H12O3. The molecule has 1 heterocycles. The van der Waals surface area contributed by atoms with E-state index in [2.05, 4.69) is 0 Å². The van der Waals surface area contributed by atoms with Crippen LogP contribution in [0.1, 0.15) is 17.4 Å². The predicted octanol–water partition coefficient (Wildman–Crippen LogP) is 1.75. The number of hydrogen-bond donors (Lipinski definition) is 1. The van der Waals surface area contributed by atoms with E-state index in [0.29, 0.717) is 13.2 Å². The van der Waals surface area contributed by atoms with Crippen LogP contribution in [-0.2, 0) is 9.47 Å². The fourth-order valence-corrected chi connectivity index (χ4v) is 1.40. The van der Waals surface area contributed by atoms with Crippen LogP contribution in [0.2, 0.25) is 0 Å². The van der Waals surface area contributed by atoms with Gasteiger partial charge in [-0.05, 0) is 19.1 Å². The molecule has 1 aliphatic rings. The molecule has 1 N–H and O–H groups in total. The Kier molecular flexibility index (Phi) is 2.20. The minimum absolute atomic E-state index is 0.234. The normalized spacial score (nSPS) is 17.9. The molecule has 1 aromatic rings. The van der Waals surface area contributed by atoms with Crippen LogP contribution in [-0.4, -0.2) is 18.3 Å². The second-order valence-corrected chi connectivity index (χ2v) is 3.14. The molecule has 1 aliphatic heterocycles. The van der Waals surface area contributed by atoms with Crippen LogP contribution < -0.4 is 0 Å². The lowest BCUT2D eigenvalue weighted by Gasteiger charge is -2.11. The Morgan fingerprint density at radius 1 is 1.31 bits per heavy atom. The fourth-order valence-electron chi connectivity index (χ4n) is 1.40. The van der Waals surface area contributed by atoms with Crippen LogP contribution >= 0.6 is 0 Å². The Hall–Kier alpha value is -1.06. The molecule has 13 heavy (non-hydrogen) atoms. The standard InChI is InChI=1S/C10H12O3/c1-7-2-3-9(11)8(6-7)10-12-4-5-13-10/h2-3,6,10-11H,4-5H2,1H3. The molecule has 70 valence electrons. The number of rotatable bonds is 1. The minimum atomic E-state index is -0.389. The van der Waals surface area contributed by atoms with Gasteiger partial charge in [0, 0.05) is 5.56 Å². The van der Waals surface area contributed by atoms with Crippen LogP contribution in [0.3, 0.4) is 0 Å². The van der Waals surface area contributed by atoms with Crippen molar-refractivity contribution in [3.8, 4) is 5.75 Å². The smallest absolute Gasteiger partial charge is 0.187 e. The van der Waals surface area contributed by atoms with E-state index in [0.717, 1.165) is 11.1 Å². The van der Waals surface area contributed by atoms with Gasteiger partial charge in [0.25, 0.3) is 0 Å². The third kappa shape index (κ3) is 1.66. The molecule has 0 aromatic heterocycles. The Labute approximate surface area is 76.9 Å². The Morgan fingerprint density at radius 2 is 2.00 bits per heavy atom. The first-order chi connectivity index (χ1) is 6.27. The van der Waals surface area contributed by atoms with Crippen molar-refractivity contribution in [3.05, 3.63) is 29.3 Å². The van der Waals surface area contributed by atoms with Crippen molar-refractivity contribution in [1.82, 2.24) is 0 Å². The molecule has 3 heteroatoms. The lowest BCUT2D eigenvalue weighted by atomic mass is 10.1. The van der Waals surface area contributed by atoms with Gasteiger partial charge < -0.3 is 14.6 Å². The number of ether oxygens (including phenoxy) is 2. The largest absolute Gasteiger partial charge is 0.507 e. The van der Waals surface area contributed by atoms with Gasteiger partial charge in [-0.3, -0.25) is 0 Å². The molecule has 1 aromatic carbocycles. The number of hydrogen-bond acceptors (Lipinski definition) is 3. The van der Waals surface area contributed by atoms with E-state index in [-0.39, 0.29) is 12.0 Å². The number of phenolic OH excluding ortho intramolecular Hbond substituents is 1. The first-order valence-corrected chi connectivity index (χ1v) is 4.30. The van der Waals surface area contributed by atoms with Gasteiger partial charge in [0.15, 0.2) is 6.29 Å². The summed E-state index contributed by atoms with van der Waals surface area (Å²) in [5.74, 6) is 0.234. The number of phenols is 1. The molecule has 0 bridgehead atoms. The van der Waals surface area contributed by atoms with Gasteiger partial charge in [-0.25, -0.2) is 0 Å². The Bertz CT molecular complexity index is 303. The van der Waals surface area contributed by atoms with Crippen LogP contribution in [0.4, 0.5) is 0 Å². The van der Waals surface area contributed by atoms with Crippen molar-refractivity contribution < 1.29 is 14.6 Å². The summed E-state index contributed by atoms with van der Waals surface area (Å²) >= 11 is 0. The summed E-state index contributed by atoms with van der Waals surface area (Å²) in [5.41, 5.74) is 1.81. The lowest BCUT2D eigenvalue weighted by Crippen LogP contribution is -1.98. The fraction of sp³-hybridized carbons (Fsp3) is 0.400. The van der Waals surface area contributed by atoms with Gasteiger partial charge in [-0.15, -0.1) is 0 Å². The van der Waals surface area contributed by atoms with E-state index in [1.165, 1.54) is 0 Å². The van der Waals surface area contributed by atoms with Crippen molar-refractivity contribution in [2.75, 3.05) is 13.2 Å². The van der Waals surface area contributed by atoms with Crippen molar-refractivity contribution in [2.45, 2.75) is 13.2 Å². The molecule has 0 atom stereocenters.